The van der Waals surface area contributed by atoms with Crippen LogP contribution in [0.3, 0.4) is 0 Å². The molecule has 0 radical (unpaired) electrons. The van der Waals surface area contributed by atoms with Gasteiger partial charge >= 0.3 is 11.7 Å². The minimum atomic E-state index is -0.421. The van der Waals surface area contributed by atoms with Gasteiger partial charge in [-0.3, -0.25) is 9.88 Å². The van der Waals surface area contributed by atoms with E-state index < -0.39 is 5.69 Å². The molecular weight excluding hydrogens is 394 g/mol. The van der Waals surface area contributed by atoms with Crippen LogP contribution >= 0.6 is 0 Å². The van der Waals surface area contributed by atoms with Crippen molar-refractivity contribution in [2.75, 3.05) is 57.7 Å². The largest absolute Gasteiger partial charge is 0.354 e. The number of nitrogens with two attached hydrogens (primary N) is 1. The zero-order valence-electron chi connectivity index (χ0n) is 17.8. The topological polar surface area (TPSA) is 109 Å². The summed E-state index contributed by atoms with van der Waals surface area (Å²) < 4.78 is 1.48. The summed E-state index contributed by atoms with van der Waals surface area (Å²) in [6, 6.07) is 9.40. The Hall–Kier alpha value is -2.75. The Bertz CT molecular complexity index is 938. The third kappa shape index (κ3) is 5.49. The fourth-order valence-electron chi connectivity index (χ4n) is 4.14. The molecule has 1 unspecified atom stereocenters. The van der Waals surface area contributed by atoms with E-state index in [0.29, 0.717) is 19.0 Å². The Morgan fingerprint density at radius 3 is 2.61 bits per heavy atom. The van der Waals surface area contributed by atoms with Crippen LogP contribution in [0.2, 0.25) is 0 Å². The zero-order chi connectivity index (χ0) is 21.6. The first kappa shape index (κ1) is 21.5. The van der Waals surface area contributed by atoms with Gasteiger partial charge in [0.05, 0.1) is 5.69 Å². The molecule has 1 aromatic heterocycles. The normalized spacial score (nSPS) is 19.5. The van der Waals surface area contributed by atoms with Crippen LogP contribution in [0, 0.1) is 5.92 Å². The third-order valence-corrected chi connectivity index (χ3v) is 6.08. The van der Waals surface area contributed by atoms with Gasteiger partial charge < -0.3 is 20.9 Å². The van der Waals surface area contributed by atoms with Gasteiger partial charge in [0.1, 0.15) is 5.82 Å². The summed E-state index contributed by atoms with van der Waals surface area (Å²) in [4.78, 5) is 33.0. The minimum Gasteiger partial charge on any atom is -0.330 e. The fourth-order valence-corrected chi connectivity index (χ4v) is 4.14. The number of benzene rings is 1. The molecule has 2 saturated heterocycles. The van der Waals surface area contributed by atoms with Crippen molar-refractivity contribution in [2.24, 2.45) is 11.7 Å². The predicted molar refractivity (Wildman–Crippen MR) is 121 cm³/mol. The van der Waals surface area contributed by atoms with E-state index in [1.807, 2.05) is 12.1 Å². The molecule has 2 aliphatic rings. The zero-order valence-corrected chi connectivity index (χ0v) is 17.8. The van der Waals surface area contributed by atoms with Gasteiger partial charge in [0.25, 0.3) is 0 Å². The number of nitrogens with zero attached hydrogens (tertiary/aromatic N) is 4. The number of urea groups is 1. The van der Waals surface area contributed by atoms with Crippen molar-refractivity contribution in [2.45, 2.75) is 12.8 Å². The molecule has 2 amide bonds. The quantitative estimate of drug-likeness (QED) is 0.622. The van der Waals surface area contributed by atoms with Crippen LogP contribution in [0.1, 0.15) is 12.0 Å². The van der Waals surface area contributed by atoms with E-state index in [2.05, 4.69) is 32.7 Å². The molecule has 3 heterocycles. The van der Waals surface area contributed by atoms with Crippen LogP contribution in [-0.2, 0) is 6.42 Å². The monoisotopic (exact) mass is 425 g/mol. The van der Waals surface area contributed by atoms with Crippen molar-refractivity contribution >= 4 is 11.8 Å². The smallest absolute Gasteiger partial charge is 0.330 e. The lowest BCUT2D eigenvalue weighted by atomic mass is 10.1. The molecule has 9 nitrogen and oxygen atoms in total. The molecule has 31 heavy (non-hydrogen) atoms. The van der Waals surface area contributed by atoms with Gasteiger partial charge in [0, 0.05) is 45.5 Å². The number of nitrogens with one attached hydrogen (secondary N) is 2. The van der Waals surface area contributed by atoms with Gasteiger partial charge in [-0.1, -0.05) is 12.1 Å². The van der Waals surface area contributed by atoms with Crippen LogP contribution in [0.25, 0.3) is 5.69 Å². The number of amides is 2. The summed E-state index contributed by atoms with van der Waals surface area (Å²) in [6.45, 7) is 6.83. The van der Waals surface area contributed by atoms with E-state index in [9.17, 15) is 9.59 Å². The lowest BCUT2D eigenvalue weighted by Crippen LogP contribution is -2.48. The molecule has 9 heteroatoms. The third-order valence-electron chi connectivity index (χ3n) is 6.08. The van der Waals surface area contributed by atoms with E-state index in [-0.39, 0.29) is 11.8 Å². The Kier molecular flexibility index (Phi) is 6.96. The van der Waals surface area contributed by atoms with Crippen molar-refractivity contribution in [3.63, 3.8) is 0 Å². The molecule has 2 aromatic rings. The molecule has 0 bridgehead atoms. The summed E-state index contributed by atoms with van der Waals surface area (Å²) in [5.41, 5.74) is 7.34. The highest BCUT2D eigenvalue weighted by Gasteiger charge is 2.20. The number of hydrogen-bond donors (Lipinski definition) is 3. The van der Waals surface area contributed by atoms with E-state index in [1.165, 1.54) is 16.6 Å². The van der Waals surface area contributed by atoms with Crippen molar-refractivity contribution in [3.05, 3.63) is 52.6 Å². The van der Waals surface area contributed by atoms with Crippen molar-refractivity contribution in [1.82, 2.24) is 24.7 Å². The minimum absolute atomic E-state index is 0.230. The summed E-state index contributed by atoms with van der Waals surface area (Å²) in [7, 11) is 0. The van der Waals surface area contributed by atoms with E-state index in [4.69, 9.17) is 5.73 Å². The molecule has 1 atom stereocenters. The van der Waals surface area contributed by atoms with Crippen molar-refractivity contribution in [3.8, 4) is 5.69 Å². The van der Waals surface area contributed by atoms with Gasteiger partial charge in [-0.15, -0.1) is 0 Å². The maximum absolute atomic E-state index is 12.5. The van der Waals surface area contributed by atoms with Crippen LogP contribution in [0.4, 0.5) is 10.6 Å². The first-order valence-corrected chi connectivity index (χ1v) is 11.0. The number of carbonyl (C=O) groups excluding carboxylic acids is 1. The van der Waals surface area contributed by atoms with E-state index in [1.54, 1.807) is 17.2 Å². The molecule has 0 aliphatic carbocycles. The Labute approximate surface area is 182 Å². The van der Waals surface area contributed by atoms with E-state index >= 15 is 0 Å². The molecular formula is C22H31N7O2. The van der Waals surface area contributed by atoms with Gasteiger partial charge in [-0.2, -0.15) is 4.98 Å². The Morgan fingerprint density at radius 1 is 1.16 bits per heavy atom. The molecule has 1 aromatic carbocycles. The molecule has 2 fully saturated rings. The average molecular weight is 426 g/mol. The van der Waals surface area contributed by atoms with Gasteiger partial charge in [0.2, 0.25) is 0 Å². The van der Waals surface area contributed by atoms with Crippen LogP contribution in [0.5, 0.6) is 0 Å². The van der Waals surface area contributed by atoms with Crippen molar-refractivity contribution in [1.29, 1.82) is 0 Å². The van der Waals surface area contributed by atoms with Crippen LogP contribution in [0.15, 0.2) is 41.3 Å². The summed E-state index contributed by atoms with van der Waals surface area (Å²) in [5, 5.41) is 5.91. The van der Waals surface area contributed by atoms with Crippen LogP contribution < -0.4 is 22.1 Å². The number of anilines is 1. The second-order valence-electron chi connectivity index (χ2n) is 8.24. The standard InChI is InChI=1S/C22H31N7O2/c23-15-18-6-11-27(16-18)10-5-17-1-3-19(4-2-17)29-12-7-20(26-22(29)31)25-21(30)28-13-8-24-9-14-28/h1-4,7,12,18,24H,5-6,8-11,13-16,23H2,(H,25,26,30,31). The fraction of sp³-hybridized carbons (Fsp3) is 0.500. The highest BCUT2D eigenvalue weighted by molar-refractivity contribution is 5.88. The first-order chi connectivity index (χ1) is 15.1. The summed E-state index contributed by atoms with van der Waals surface area (Å²) in [5.74, 6) is 0.897. The highest BCUT2D eigenvalue weighted by Crippen LogP contribution is 2.16. The predicted octanol–water partition coefficient (Wildman–Crippen LogP) is 0.493. The molecule has 0 spiro atoms. The first-order valence-electron chi connectivity index (χ1n) is 11.0. The second-order valence-corrected chi connectivity index (χ2v) is 8.24. The van der Waals surface area contributed by atoms with E-state index in [0.717, 1.165) is 51.4 Å². The Morgan fingerprint density at radius 2 is 1.94 bits per heavy atom. The van der Waals surface area contributed by atoms with Crippen LogP contribution in [-0.4, -0.2) is 77.7 Å². The average Bonchev–Trinajstić information content (AvgIpc) is 3.27. The highest BCUT2D eigenvalue weighted by atomic mass is 16.2. The van der Waals surface area contributed by atoms with Crippen molar-refractivity contribution < 1.29 is 4.79 Å². The number of hydrogen-bond acceptors (Lipinski definition) is 6. The number of likely N-dealkylation sites (tertiary alicyclic amines) is 1. The molecule has 2 aliphatic heterocycles. The SMILES string of the molecule is NCC1CCN(CCc2ccc(-n3ccc(NC(=O)N4CCNCC4)nc3=O)cc2)C1. The molecule has 4 N–H and O–H groups in total. The number of aromatic nitrogens is 2. The second kappa shape index (κ2) is 10.0. The van der Waals surface area contributed by atoms with Gasteiger partial charge in [0.15, 0.2) is 0 Å². The van der Waals surface area contributed by atoms with Gasteiger partial charge in [-0.25, -0.2) is 9.59 Å². The molecule has 0 saturated carbocycles. The maximum atomic E-state index is 12.5. The maximum Gasteiger partial charge on any atom is 0.354 e. The lowest BCUT2D eigenvalue weighted by Gasteiger charge is -2.27. The molecule has 4 rings (SSSR count). The summed E-state index contributed by atoms with van der Waals surface area (Å²) >= 11 is 0. The van der Waals surface area contributed by atoms with Gasteiger partial charge in [-0.05, 0) is 55.6 Å². The number of carbonyl (C=O) groups is 1. The number of piperazine rings is 1. The number of rotatable bonds is 6. The lowest BCUT2D eigenvalue weighted by molar-refractivity contribution is 0.204. The summed E-state index contributed by atoms with van der Waals surface area (Å²) in [6.07, 6.45) is 3.81. The Balaban J connectivity index is 1.34. The molecule has 166 valence electrons.